The molecule has 108 valence electrons. The van der Waals surface area contributed by atoms with Crippen molar-refractivity contribution in [3.05, 3.63) is 23.8 Å². The Labute approximate surface area is 119 Å². The highest BCUT2D eigenvalue weighted by atomic mass is 16.6. The predicted molar refractivity (Wildman–Crippen MR) is 75.3 cm³/mol. The van der Waals surface area contributed by atoms with Crippen LogP contribution in [0, 0.1) is 5.92 Å². The minimum Gasteiger partial charge on any atom is -0.486 e. The molecule has 1 aliphatic carbocycles. The van der Waals surface area contributed by atoms with E-state index >= 15 is 0 Å². The number of nitrogens with one attached hydrogen (secondary N) is 1. The van der Waals surface area contributed by atoms with Gasteiger partial charge >= 0.3 is 0 Å². The monoisotopic (exact) mass is 275 g/mol. The molecule has 2 unspecified atom stereocenters. The highest BCUT2D eigenvalue weighted by molar-refractivity contribution is 5.44. The largest absolute Gasteiger partial charge is 0.486 e. The van der Waals surface area contributed by atoms with Gasteiger partial charge in [0.2, 0.25) is 0 Å². The summed E-state index contributed by atoms with van der Waals surface area (Å²) in [7, 11) is 0. The van der Waals surface area contributed by atoms with E-state index in [2.05, 4.69) is 17.4 Å². The van der Waals surface area contributed by atoms with Crippen LogP contribution in [0.4, 0.5) is 0 Å². The van der Waals surface area contributed by atoms with E-state index in [4.69, 9.17) is 14.2 Å². The highest BCUT2D eigenvalue weighted by Crippen LogP contribution is 2.39. The molecule has 0 radical (unpaired) electrons. The van der Waals surface area contributed by atoms with Gasteiger partial charge in [0.25, 0.3) is 0 Å². The van der Waals surface area contributed by atoms with Gasteiger partial charge in [0.05, 0.1) is 6.10 Å². The molecular weight excluding hydrogens is 254 g/mol. The number of benzene rings is 1. The van der Waals surface area contributed by atoms with Crippen LogP contribution in [-0.4, -0.2) is 32.4 Å². The fraction of sp³-hybridized carbons (Fsp3) is 0.625. The lowest BCUT2D eigenvalue weighted by atomic mass is 9.95. The van der Waals surface area contributed by atoms with Gasteiger partial charge in [-0.25, -0.2) is 0 Å². The Morgan fingerprint density at radius 3 is 2.70 bits per heavy atom. The second-order valence-corrected chi connectivity index (χ2v) is 5.93. The van der Waals surface area contributed by atoms with E-state index in [1.54, 1.807) is 0 Å². The Hall–Kier alpha value is -1.26. The maximum absolute atomic E-state index is 5.96. The molecule has 1 saturated carbocycles. The molecule has 2 aliphatic heterocycles. The minimum atomic E-state index is 0.192. The number of hydrogen-bond donors (Lipinski definition) is 1. The zero-order chi connectivity index (χ0) is 13.4. The van der Waals surface area contributed by atoms with Crippen LogP contribution in [0.25, 0.3) is 0 Å². The summed E-state index contributed by atoms with van der Waals surface area (Å²) >= 11 is 0. The van der Waals surface area contributed by atoms with Crippen molar-refractivity contribution >= 4 is 0 Å². The molecule has 4 nitrogen and oxygen atoms in total. The summed E-state index contributed by atoms with van der Waals surface area (Å²) in [6.07, 6.45) is 4.00. The minimum absolute atomic E-state index is 0.192. The lowest BCUT2D eigenvalue weighted by Gasteiger charge is -2.23. The Bertz CT molecular complexity index is 487. The first-order valence-electron chi connectivity index (χ1n) is 7.65. The van der Waals surface area contributed by atoms with E-state index in [0.29, 0.717) is 19.1 Å². The van der Waals surface area contributed by atoms with Gasteiger partial charge in [-0.1, -0.05) is 6.07 Å². The zero-order valence-corrected chi connectivity index (χ0v) is 11.6. The molecule has 1 saturated heterocycles. The van der Waals surface area contributed by atoms with Crippen molar-refractivity contribution in [1.29, 1.82) is 0 Å². The van der Waals surface area contributed by atoms with Crippen LogP contribution in [0.1, 0.15) is 30.9 Å². The van der Waals surface area contributed by atoms with E-state index in [1.807, 2.05) is 6.07 Å². The van der Waals surface area contributed by atoms with Crippen molar-refractivity contribution in [1.82, 2.24) is 5.32 Å². The van der Waals surface area contributed by atoms with Crippen molar-refractivity contribution in [2.75, 3.05) is 26.4 Å². The Kier molecular flexibility index (Phi) is 3.28. The smallest absolute Gasteiger partial charge is 0.161 e. The second-order valence-electron chi connectivity index (χ2n) is 5.93. The van der Waals surface area contributed by atoms with E-state index in [9.17, 15) is 0 Å². The second kappa shape index (κ2) is 5.26. The summed E-state index contributed by atoms with van der Waals surface area (Å²) < 4.78 is 17.2. The normalized spacial score (nSPS) is 28.6. The molecule has 2 atom stereocenters. The molecule has 4 rings (SSSR count). The van der Waals surface area contributed by atoms with Crippen LogP contribution in [-0.2, 0) is 4.74 Å². The molecule has 1 aromatic rings. The third-order valence-corrected chi connectivity index (χ3v) is 4.36. The lowest BCUT2D eigenvalue weighted by molar-refractivity contribution is 0.0896. The molecule has 2 heterocycles. The van der Waals surface area contributed by atoms with Gasteiger partial charge in [0.1, 0.15) is 13.2 Å². The van der Waals surface area contributed by atoms with Gasteiger partial charge in [-0.3, -0.25) is 0 Å². The molecule has 0 amide bonds. The molecule has 0 bridgehead atoms. The van der Waals surface area contributed by atoms with Gasteiger partial charge in [-0.2, -0.15) is 0 Å². The maximum atomic E-state index is 5.96. The Morgan fingerprint density at radius 1 is 1.00 bits per heavy atom. The standard InChI is InChI=1S/C16H21NO3/c1-4-14-15(19-8-7-18-14)9-11(1)16-12(5-6-20-16)10-17-13-2-3-13/h1,4,9,12-13,16-17H,2-3,5-8,10H2. The predicted octanol–water partition coefficient (Wildman–Crippen LogP) is 2.29. The van der Waals surface area contributed by atoms with Crippen molar-refractivity contribution < 1.29 is 14.2 Å². The summed E-state index contributed by atoms with van der Waals surface area (Å²) in [5, 5.41) is 3.62. The molecule has 20 heavy (non-hydrogen) atoms. The van der Waals surface area contributed by atoms with Gasteiger partial charge in [0.15, 0.2) is 11.5 Å². The van der Waals surface area contributed by atoms with Gasteiger partial charge < -0.3 is 19.5 Å². The van der Waals surface area contributed by atoms with Crippen molar-refractivity contribution in [3.8, 4) is 11.5 Å². The summed E-state index contributed by atoms with van der Waals surface area (Å²) in [6.45, 7) is 3.19. The first kappa shape index (κ1) is 12.5. The summed E-state index contributed by atoms with van der Waals surface area (Å²) in [6, 6.07) is 6.98. The molecule has 4 heteroatoms. The molecule has 1 aromatic carbocycles. The number of fused-ring (bicyclic) bond motifs is 1. The van der Waals surface area contributed by atoms with Crippen LogP contribution in [0.15, 0.2) is 18.2 Å². The van der Waals surface area contributed by atoms with Crippen molar-refractivity contribution in [2.45, 2.75) is 31.4 Å². The maximum Gasteiger partial charge on any atom is 0.161 e. The molecular formula is C16H21NO3. The Morgan fingerprint density at radius 2 is 1.85 bits per heavy atom. The topological polar surface area (TPSA) is 39.7 Å². The summed E-state index contributed by atoms with van der Waals surface area (Å²) in [5.74, 6) is 2.28. The SMILES string of the molecule is c1cc2c(cc1C1OCCC1CNC1CC1)OCCO2. The van der Waals surface area contributed by atoms with E-state index < -0.39 is 0 Å². The van der Waals surface area contributed by atoms with Crippen LogP contribution in [0.3, 0.4) is 0 Å². The third kappa shape index (κ3) is 2.50. The summed E-state index contributed by atoms with van der Waals surface area (Å²) in [4.78, 5) is 0. The highest BCUT2D eigenvalue weighted by Gasteiger charge is 2.32. The average Bonchev–Trinajstić information content (AvgIpc) is 3.21. The third-order valence-electron chi connectivity index (χ3n) is 4.36. The molecule has 0 aromatic heterocycles. The number of hydrogen-bond acceptors (Lipinski definition) is 4. The zero-order valence-electron chi connectivity index (χ0n) is 11.6. The van der Waals surface area contributed by atoms with Gasteiger partial charge in [-0.15, -0.1) is 0 Å². The average molecular weight is 275 g/mol. The van der Waals surface area contributed by atoms with Crippen LogP contribution in [0.2, 0.25) is 0 Å². The molecule has 0 spiro atoms. The fourth-order valence-corrected chi connectivity index (χ4v) is 3.05. The van der Waals surface area contributed by atoms with Gasteiger partial charge in [-0.05, 0) is 37.0 Å². The first-order chi connectivity index (χ1) is 9.90. The van der Waals surface area contributed by atoms with E-state index in [1.165, 1.54) is 18.4 Å². The summed E-state index contributed by atoms with van der Waals surface area (Å²) in [5.41, 5.74) is 1.22. The van der Waals surface area contributed by atoms with Gasteiger partial charge in [0, 0.05) is 25.1 Å². The van der Waals surface area contributed by atoms with E-state index in [-0.39, 0.29) is 6.10 Å². The molecule has 2 fully saturated rings. The Balaban J connectivity index is 1.49. The van der Waals surface area contributed by atoms with Crippen molar-refractivity contribution in [3.63, 3.8) is 0 Å². The van der Waals surface area contributed by atoms with Crippen LogP contribution in [0.5, 0.6) is 11.5 Å². The molecule has 3 aliphatic rings. The quantitative estimate of drug-likeness (QED) is 0.915. The first-order valence-corrected chi connectivity index (χ1v) is 7.65. The number of ether oxygens (including phenoxy) is 3. The lowest BCUT2D eigenvalue weighted by Crippen LogP contribution is -2.26. The van der Waals surface area contributed by atoms with E-state index in [0.717, 1.165) is 37.1 Å². The van der Waals surface area contributed by atoms with Crippen molar-refractivity contribution in [2.24, 2.45) is 5.92 Å². The van der Waals surface area contributed by atoms with Crippen LogP contribution >= 0.6 is 0 Å². The number of rotatable bonds is 4. The molecule has 1 N–H and O–H groups in total. The van der Waals surface area contributed by atoms with Crippen LogP contribution < -0.4 is 14.8 Å². The fourth-order valence-electron chi connectivity index (χ4n) is 3.05.